The Kier molecular flexibility index (Phi) is 5.43. The summed E-state index contributed by atoms with van der Waals surface area (Å²) in [5, 5.41) is 3.74. The average Bonchev–Trinajstić information content (AvgIpc) is 2.88. The maximum atomic E-state index is 11.7. The Hall–Kier alpha value is -0.620. The summed E-state index contributed by atoms with van der Waals surface area (Å²) in [5.74, 6) is 0. The molecule has 0 aliphatic carbocycles. The van der Waals surface area contributed by atoms with E-state index in [4.69, 9.17) is 16.3 Å². The van der Waals surface area contributed by atoms with Gasteiger partial charge in [0.05, 0.1) is 11.0 Å². The third-order valence-corrected chi connectivity index (χ3v) is 4.98. The van der Waals surface area contributed by atoms with Crippen molar-refractivity contribution in [1.29, 1.82) is 0 Å². The van der Waals surface area contributed by atoms with Crippen LogP contribution in [0.25, 0.3) is 0 Å². The normalized spacial score (nSPS) is 19.4. The van der Waals surface area contributed by atoms with Gasteiger partial charge in [-0.2, -0.15) is 0 Å². The molecular weight excluding hydrogens is 298 g/mol. The number of nitrogens with one attached hydrogen (secondary N) is 1. The second-order valence-corrected chi connectivity index (χ2v) is 7.48. The summed E-state index contributed by atoms with van der Waals surface area (Å²) in [6.07, 6.45) is 4.73. The van der Waals surface area contributed by atoms with Crippen molar-refractivity contribution in [3.63, 3.8) is 0 Å². The summed E-state index contributed by atoms with van der Waals surface area (Å²) in [6.45, 7) is 2.10. The number of ether oxygens (including phenoxy) is 1. The molecule has 112 valence electrons. The van der Waals surface area contributed by atoms with E-state index in [1.165, 1.54) is 6.26 Å². The van der Waals surface area contributed by atoms with E-state index in [2.05, 4.69) is 5.32 Å². The Morgan fingerprint density at radius 3 is 2.90 bits per heavy atom. The van der Waals surface area contributed by atoms with Crippen LogP contribution in [0.4, 0.5) is 0 Å². The molecule has 1 N–H and O–H groups in total. The topological polar surface area (TPSA) is 55.4 Å². The minimum Gasteiger partial charge on any atom is -0.378 e. The molecule has 6 heteroatoms. The molecule has 1 atom stereocenters. The second kappa shape index (κ2) is 6.89. The van der Waals surface area contributed by atoms with E-state index in [-0.39, 0.29) is 0 Å². The largest absolute Gasteiger partial charge is 0.378 e. The Balaban J connectivity index is 1.95. The molecule has 0 aromatic heterocycles. The molecule has 1 aromatic rings. The Morgan fingerprint density at radius 1 is 1.45 bits per heavy atom. The van der Waals surface area contributed by atoms with E-state index in [0.717, 1.165) is 32.4 Å². The lowest BCUT2D eigenvalue weighted by Crippen LogP contribution is -2.21. The molecule has 0 amide bonds. The molecule has 0 saturated carbocycles. The van der Waals surface area contributed by atoms with Crippen LogP contribution in [0.15, 0.2) is 23.1 Å². The molecule has 0 bridgehead atoms. The van der Waals surface area contributed by atoms with Gasteiger partial charge in [-0.25, -0.2) is 8.42 Å². The summed E-state index contributed by atoms with van der Waals surface area (Å²) >= 11 is 6.11. The molecule has 0 radical (unpaired) electrons. The van der Waals surface area contributed by atoms with Crippen LogP contribution >= 0.6 is 11.6 Å². The molecule has 0 spiro atoms. The third-order valence-electron chi connectivity index (χ3n) is 3.44. The van der Waals surface area contributed by atoms with Gasteiger partial charge in [0.1, 0.15) is 0 Å². The van der Waals surface area contributed by atoms with Gasteiger partial charge < -0.3 is 10.1 Å². The van der Waals surface area contributed by atoms with Crippen molar-refractivity contribution in [2.45, 2.75) is 36.8 Å². The zero-order valence-electron chi connectivity index (χ0n) is 11.6. The zero-order valence-corrected chi connectivity index (χ0v) is 13.1. The van der Waals surface area contributed by atoms with Crippen molar-refractivity contribution in [3.05, 3.63) is 28.8 Å². The number of sulfone groups is 1. The molecule has 1 unspecified atom stereocenters. The van der Waals surface area contributed by atoms with Crippen LogP contribution < -0.4 is 5.32 Å². The predicted octanol–water partition coefficient (Wildman–Crippen LogP) is 2.40. The van der Waals surface area contributed by atoms with Gasteiger partial charge in [-0.1, -0.05) is 17.7 Å². The van der Waals surface area contributed by atoms with Gasteiger partial charge in [-0.05, 0) is 37.9 Å². The zero-order chi connectivity index (χ0) is 14.6. The number of benzene rings is 1. The molecule has 1 aliphatic rings. The van der Waals surface area contributed by atoms with Gasteiger partial charge >= 0.3 is 0 Å². The first-order chi connectivity index (χ1) is 9.48. The summed E-state index contributed by atoms with van der Waals surface area (Å²) in [4.78, 5) is 0.301. The minimum atomic E-state index is -3.26. The molecule has 2 rings (SSSR count). The molecule has 1 fully saturated rings. The van der Waals surface area contributed by atoms with Crippen LogP contribution in [0, 0.1) is 0 Å². The lowest BCUT2D eigenvalue weighted by Gasteiger charge is -2.13. The number of rotatable bonds is 6. The fourth-order valence-electron chi connectivity index (χ4n) is 2.41. The molecule has 1 heterocycles. The van der Waals surface area contributed by atoms with Gasteiger partial charge in [-0.15, -0.1) is 0 Å². The summed E-state index contributed by atoms with van der Waals surface area (Å²) < 4.78 is 29.0. The van der Waals surface area contributed by atoms with Gasteiger partial charge in [-0.3, -0.25) is 0 Å². The SMILES string of the molecule is CS(=O)(=O)c1cccc(Cl)c1CNCCC1CCCO1. The van der Waals surface area contributed by atoms with Crippen molar-refractivity contribution < 1.29 is 13.2 Å². The van der Waals surface area contributed by atoms with Gasteiger partial charge in [0.2, 0.25) is 0 Å². The quantitative estimate of drug-likeness (QED) is 0.819. The Labute approximate surface area is 125 Å². The predicted molar refractivity (Wildman–Crippen MR) is 79.9 cm³/mol. The maximum Gasteiger partial charge on any atom is 0.175 e. The van der Waals surface area contributed by atoms with Crippen molar-refractivity contribution in [2.75, 3.05) is 19.4 Å². The van der Waals surface area contributed by atoms with Crippen LogP contribution in [-0.4, -0.2) is 33.9 Å². The smallest absolute Gasteiger partial charge is 0.175 e. The van der Waals surface area contributed by atoms with Gasteiger partial charge in [0.25, 0.3) is 0 Å². The maximum absolute atomic E-state index is 11.7. The number of hydrogen-bond acceptors (Lipinski definition) is 4. The van der Waals surface area contributed by atoms with Crippen molar-refractivity contribution in [1.82, 2.24) is 5.32 Å². The molecule has 20 heavy (non-hydrogen) atoms. The monoisotopic (exact) mass is 317 g/mol. The van der Waals surface area contributed by atoms with Crippen LogP contribution in [0.5, 0.6) is 0 Å². The third kappa shape index (κ3) is 4.19. The molecule has 1 aliphatic heterocycles. The fourth-order valence-corrected chi connectivity index (χ4v) is 3.66. The molecule has 1 aromatic carbocycles. The lowest BCUT2D eigenvalue weighted by atomic mass is 10.2. The number of hydrogen-bond donors (Lipinski definition) is 1. The summed E-state index contributed by atoms with van der Waals surface area (Å²) in [6, 6.07) is 4.97. The van der Waals surface area contributed by atoms with Crippen LogP contribution in [-0.2, 0) is 21.1 Å². The standard InChI is InChI=1S/C14H20ClNO3S/c1-20(17,18)14-6-2-5-13(15)12(14)10-16-8-7-11-4-3-9-19-11/h2,5-6,11,16H,3-4,7-10H2,1H3. The van der Waals surface area contributed by atoms with E-state index in [0.29, 0.717) is 28.1 Å². The molecular formula is C14H20ClNO3S. The highest BCUT2D eigenvalue weighted by atomic mass is 35.5. The first-order valence-electron chi connectivity index (χ1n) is 6.78. The summed E-state index contributed by atoms with van der Waals surface area (Å²) in [5.41, 5.74) is 0.643. The highest BCUT2D eigenvalue weighted by Gasteiger charge is 2.17. The van der Waals surface area contributed by atoms with E-state index in [9.17, 15) is 8.42 Å². The van der Waals surface area contributed by atoms with E-state index in [1.54, 1.807) is 18.2 Å². The minimum absolute atomic E-state index is 0.301. The average molecular weight is 318 g/mol. The van der Waals surface area contributed by atoms with Crippen LogP contribution in [0.2, 0.25) is 5.02 Å². The van der Waals surface area contributed by atoms with Crippen LogP contribution in [0.1, 0.15) is 24.8 Å². The van der Waals surface area contributed by atoms with Crippen molar-refractivity contribution >= 4 is 21.4 Å². The summed E-state index contributed by atoms with van der Waals surface area (Å²) in [7, 11) is -3.26. The van der Waals surface area contributed by atoms with Gasteiger partial charge in [0.15, 0.2) is 9.84 Å². The number of halogens is 1. The Morgan fingerprint density at radius 2 is 2.25 bits per heavy atom. The molecule has 1 saturated heterocycles. The van der Waals surface area contributed by atoms with E-state index in [1.807, 2.05) is 0 Å². The van der Waals surface area contributed by atoms with Gasteiger partial charge in [0, 0.05) is 30.0 Å². The Bertz CT molecular complexity index is 554. The van der Waals surface area contributed by atoms with Crippen molar-refractivity contribution in [2.24, 2.45) is 0 Å². The first-order valence-corrected chi connectivity index (χ1v) is 9.05. The molecule has 4 nitrogen and oxygen atoms in total. The lowest BCUT2D eigenvalue weighted by molar-refractivity contribution is 0.104. The first kappa shape index (κ1) is 15.8. The highest BCUT2D eigenvalue weighted by Crippen LogP contribution is 2.24. The fraction of sp³-hybridized carbons (Fsp3) is 0.571. The highest BCUT2D eigenvalue weighted by molar-refractivity contribution is 7.90. The van der Waals surface area contributed by atoms with E-state index < -0.39 is 9.84 Å². The second-order valence-electron chi connectivity index (χ2n) is 5.09. The van der Waals surface area contributed by atoms with E-state index >= 15 is 0 Å². The van der Waals surface area contributed by atoms with Crippen molar-refractivity contribution in [3.8, 4) is 0 Å². The van der Waals surface area contributed by atoms with Crippen LogP contribution in [0.3, 0.4) is 0 Å².